The van der Waals surface area contributed by atoms with Crippen LogP contribution in [-0.4, -0.2) is 50.8 Å². The van der Waals surface area contributed by atoms with E-state index in [0.29, 0.717) is 22.8 Å². The first-order valence-corrected chi connectivity index (χ1v) is 12.6. The lowest BCUT2D eigenvalue weighted by Gasteiger charge is -2.39. The van der Waals surface area contributed by atoms with Gasteiger partial charge in [0.05, 0.1) is 25.1 Å². The molecule has 1 aliphatic carbocycles. The van der Waals surface area contributed by atoms with Crippen LogP contribution in [0.25, 0.3) is 11.3 Å². The van der Waals surface area contributed by atoms with E-state index in [2.05, 4.69) is 24.8 Å². The summed E-state index contributed by atoms with van der Waals surface area (Å²) in [4.78, 5) is 21.6. The molecule has 2 bridgehead atoms. The number of ether oxygens (including phenoxy) is 2. The summed E-state index contributed by atoms with van der Waals surface area (Å²) >= 11 is 0. The first-order valence-electron chi connectivity index (χ1n) is 12.6. The molecule has 2 saturated heterocycles. The smallest absolute Gasteiger partial charge is 0.476 e. The Bertz CT molecular complexity index is 1310. The highest BCUT2D eigenvalue weighted by Crippen LogP contribution is 2.46. The summed E-state index contributed by atoms with van der Waals surface area (Å²) in [5.41, 5.74) is 1.08. The second-order valence-electron chi connectivity index (χ2n) is 9.95. The standard InChI is InChI=1S/C26H25F3N4O5/c27-26(28,29)37-21-4-2-1-3-18(21)23-19(24(38-32-23)14-5-6-14)13-36-17-9-15-7-8-16(10-17)33(15)22-12-30-20(11-31-22)25(34)35/h1-4,11-12,14-17H,5-10,13H2,(H,34,35). The van der Waals surface area contributed by atoms with Crippen LogP contribution < -0.4 is 9.64 Å². The van der Waals surface area contributed by atoms with E-state index in [1.165, 1.54) is 30.6 Å². The van der Waals surface area contributed by atoms with Crippen molar-refractivity contribution in [3.8, 4) is 17.0 Å². The highest BCUT2D eigenvalue weighted by molar-refractivity contribution is 5.85. The molecule has 200 valence electrons. The molecular weight excluding hydrogens is 505 g/mol. The minimum Gasteiger partial charge on any atom is -0.476 e. The number of aromatic nitrogens is 3. The second kappa shape index (κ2) is 9.57. The van der Waals surface area contributed by atoms with Crippen LogP contribution in [0.5, 0.6) is 5.75 Å². The Morgan fingerprint density at radius 3 is 2.45 bits per heavy atom. The van der Waals surface area contributed by atoms with E-state index < -0.39 is 12.3 Å². The number of nitrogens with zero attached hydrogens (tertiary/aromatic N) is 4. The number of fused-ring (bicyclic) bond motifs is 2. The molecule has 2 atom stereocenters. The molecule has 3 aromatic rings. The van der Waals surface area contributed by atoms with Crippen molar-refractivity contribution in [2.75, 3.05) is 4.90 Å². The molecule has 2 aromatic heterocycles. The molecule has 0 radical (unpaired) electrons. The van der Waals surface area contributed by atoms with Gasteiger partial charge in [-0.1, -0.05) is 17.3 Å². The van der Waals surface area contributed by atoms with Gasteiger partial charge in [-0.15, -0.1) is 13.2 Å². The number of carboxylic acids is 1. The Labute approximate surface area is 215 Å². The summed E-state index contributed by atoms with van der Waals surface area (Å²) in [7, 11) is 0. The number of hydrogen-bond acceptors (Lipinski definition) is 8. The van der Waals surface area contributed by atoms with Gasteiger partial charge >= 0.3 is 12.3 Å². The van der Waals surface area contributed by atoms with Crippen molar-refractivity contribution in [1.82, 2.24) is 15.1 Å². The van der Waals surface area contributed by atoms with Crippen molar-refractivity contribution in [3.05, 3.63) is 53.7 Å². The number of alkyl halides is 3. The number of anilines is 1. The fourth-order valence-electron chi connectivity index (χ4n) is 5.62. The lowest BCUT2D eigenvalue weighted by molar-refractivity contribution is -0.274. The fraction of sp³-hybridized carbons (Fsp3) is 0.462. The Morgan fingerprint density at radius 1 is 1.08 bits per heavy atom. The maximum absolute atomic E-state index is 13.0. The number of para-hydroxylation sites is 1. The summed E-state index contributed by atoms with van der Waals surface area (Å²) in [6.07, 6.45) is 3.15. The van der Waals surface area contributed by atoms with Crippen molar-refractivity contribution in [3.63, 3.8) is 0 Å². The zero-order valence-electron chi connectivity index (χ0n) is 20.2. The van der Waals surface area contributed by atoms with Gasteiger partial charge in [-0.2, -0.15) is 0 Å². The van der Waals surface area contributed by atoms with Crippen LogP contribution >= 0.6 is 0 Å². The van der Waals surface area contributed by atoms with Crippen molar-refractivity contribution in [2.24, 2.45) is 0 Å². The molecule has 2 unspecified atom stereocenters. The predicted molar refractivity (Wildman–Crippen MR) is 127 cm³/mol. The van der Waals surface area contributed by atoms with E-state index in [-0.39, 0.29) is 47.7 Å². The average molecular weight is 531 g/mol. The molecule has 12 heteroatoms. The quantitative estimate of drug-likeness (QED) is 0.414. The molecule has 1 aromatic carbocycles. The maximum atomic E-state index is 13.0. The van der Waals surface area contributed by atoms with Gasteiger partial charge in [0, 0.05) is 29.1 Å². The molecule has 1 saturated carbocycles. The van der Waals surface area contributed by atoms with Gasteiger partial charge in [-0.3, -0.25) is 0 Å². The normalized spacial score (nSPS) is 23.0. The average Bonchev–Trinajstić information content (AvgIpc) is 3.58. The molecule has 0 amide bonds. The zero-order chi connectivity index (χ0) is 26.4. The Balaban J connectivity index is 1.19. The molecular formula is C26H25F3N4O5. The molecule has 6 rings (SSSR count). The highest BCUT2D eigenvalue weighted by Gasteiger charge is 2.42. The monoisotopic (exact) mass is 530 g/mol. The molecule has 38 heavy (non-hydrogen) atoms. The van der Waals surface area contributed by atoms with Gasteiger partial charge in [0.2, 0.25) is 0 Å². The fourth-order valence-corrected chi connectivity index (χ4v) is 5.62. The van der Waals surface area contributed by atoms with Gasteiger partial charge in [0.1, 0.15) is 23.0 Å². The van der Waals surface area contributed by atoms with E-state index in [1.54, 1.807) is 6.07 Å². The van der Waals surface area contributed by atoms with E-state index in [9.17, 15) is 18.0 Å². The van der Waals surface area contributed by atoms with Crippen LogP contribution in [0.2, 0.25) is 0 Å². The minimum absolute atomic E-state index is 0.0635. The van der Waals surface area contributed by atoms with Gasteiger partial charge in [-0.25, -0.2) is 14.8 Å². The SMILES string of the molecule is O=C(O)c1cnc(N2C3CCC2CC(OCc2c(-c4ccccc4OC(F)(F)F)noc2C2CC2)C3)cn1. The number of aromatic carboxylic acids is 1. The number of carboxylic acid groups (broad SMARTS) is 1. The van der Waals surface area contributed by atoms with Gasteiger partial charge < -0.3 is 24.0 Å². The van der Waals surface area contributed by atoms with Crippen LogP contribution in [-0.2, 0) is 11.3 Å². The number of halogens is 3. The van der Waals surface area contributed by atoms with Crippen molar-refractivity contribution in [2.45, 2.75) is 75.6 Å². The van der Waals surface area contributed by atoms with Crippen molar-refractivity contribution in [1.29, 1.82) is 0 Å². The van der Waals surface area contributed by atoms with Crippen LogP contribution in [0.1, 0.15) is 66.3 Å². The summed E-state index contributed by atoms with van der Waals surface area (Å²) in [6, 6.07) is 6.26. The minimum atomic E-state index is -4.83. The van der Waals surface area contributed by atoms with Crippen molar-refractivity contribution >= 4 is 11.8 Å². The topological polar surface area (TPSA) is 111 Å². The molecule has 4 heterocycles. The van der Waals surface area contributed by atoms with Gasteiger partial charge in [0.15, 0.2) is 5.69 Å². The first kappa shape index (κ1) is 24.7. The van der Waals surface area contributed by atoms with Gasteiger partial charge in [0.25, 0.3) is 0 Å². The van der Waals surface area contributed by atoms with Crippen molar-refractivity contribution < 1.29 is 37.1 Å². The predicted octanol–water partition coefficient (Wildman–Crippen LogP) is 5.32. The summed E-state index contributed by atoms with van der Waals surface area (Å²) in [6.45, 7) is 0.169. The summed E-state index contributed by atoms with van der Waals surface area (Å²) in [5, 5.41) is 13.2. The zero-order valence-corrected chi connectivity index (χ0v) is 20.2. The number of hydrogen-bond donors (Lipinski definition) is 1. The molecule has 3 fully saturated rings. The highest BCUT2D eigenvalue weighted by atomic mass is 19.4. The third-order valence-corrected chi connectivity index (χ3v) is 7.41. The van der Waals surface area contributed by atoms with Gasteiger partial charge in [-0.05, 0) is 50.7 Å². The first-order chi connectivity index (χ1) is 18.3. The number of piperidine rings is 1. The van der Waals surface area contributed by atoms with E-state index >= 15 is 0 Å². The van der Waals surface area contributed by atoms with Crippen LogP contribution in [0.3, 0.4) is 0 Å². The molecule has 3 aliphatic rings. The maximum Gasteiger partial charge on any atom is 0.573 e. The number of carbonyl (C=O) groups is 1. The Morgan fingerprint density at radius 2 is 1.82 bits per heavy atom. The summed E-state index contributed by atoms with van der Waals surface area (Å²) in [5.74, 6) is 0.0511. The number of rotatable bonds is 8. The Kier molecular flexibility index (Phi) is 6.21. The molecule has 2 aliphatic heterocycles. The van der Waals surface area contributed by atoms with E-state index in [4.69, 9.17) is 14.4 Å². The third-order valence-electron chi connectivity index (χ3n) is 7.41. The van der Waals surface area contributed by atoms with Crippen LogP contribution in [0, 0.1) is 0 Å². The molecule has 1 N–H and O–H groups in total. The number of benzene rings is 1. The summed E-state index contributed by atoms with van der Waals surface area (Å²) < 4.78 is 55.3. The Hall–Kier alpha value is -3.67. The molecule has 9 nitrogen and oxygen atoms in total. The van der Waals surface area contributed by atoms with Crippen LogP contribution in [0.4, 0.5) is 19.0 Å². The molecule has 0 spiro atoms. The third kappa shape index (κ3) is 4.92. The van der Waals surface area contributed by atoms with E-state index in [1.807, 2.05) is 0 Å². The second-order valence-corrected chi connectivity index (χ2v) is 9.95. The largest absolute Gasteiger partial charge is 0.573 e. The van der Waals surface area contributed by atoms with Crippen LogP contribution in [0.15, 0.2) is 41.2 Å². The lowest BCUT2D eigenvalue weighted by atomic mass is 9.99. The lowest BCUT2D eigenvalue weighted by Crippen LogP contribution is -2.46. The van der Waals surface area contributed by atoms with E-state index in [0.717, 1.165) is 38.5 Å².